The van der Waals surface area contributed by atoms with Crippen molar-refractivity contribution in [1.29, 1.82) is 0 Å². The summed E-state index contributed by atoms with van der Waals surface area (Å²) >= 11 is 0.855. The van der Waals surface area contributed by atoms with Gasteiger partial charge in [0.05, 0.1) is 12.4 Å². The molecule has 0 atom stereocenters. The maximum Gasteiger partial charge on any atom is 0.373 e. The summed E-state index contributed by atoms with van der Waals surface area (Å²) in [6.45, 7) is 1.73. The second-order valence-corrected chi connectivity index (χ2v) is 3.47. The summed E-state index contributed by atoms with van der Waals surface area (Å²) in [5, 5.41) is 19.4. The quantitative estimate of drug-likeness (QED) is 0.210. The first kappa shape index (κ1) is 14.4. The fourth-order valence-electron chi connectivity index (χ4n) is 0.645. The molecule has 0 aromatic heterocycles. The number of oxime groups is 1. The van der Waals surface area contributed by atoms with Gasteiger partial charge in [0.1, 0.15) is 0 Å². The van der Waals surface area contributed by atoms with E-state index in [1.807, 2.05) is 0 Å². The molecule has 0 fully saturated rings. The number of thioether (sulfide) groups is 1. The van der Waals surface area contributed by atoms with Crippen molar-refractivity contribution in [1.82, 2.24) is 0 Å². The molecule has 0 unspecified atom stereocenters. The summed E-state index contributed by atoms with van der Waals surface area (Å²) in [5.74, 6) is -3.69. The zero-order chi connectivity index (χ0) is 12.6. The molecule has 0 radical (unpaired) electrons. The number of rotatable bonds is 7. The second-order valence-electron chi connectivity index (χ2n) is 2.49. The monoisotopic (exact) mass is 249 g/mol. The Kier molecular flexibility index (Phi) is 6.93. The van der Waals surface area contributed by atoms with E-state index < -0.39 is 17.7 Å². The first-order chi connectivity index (χ1) is 7.52. The van der Waals surface area contributed by atoms with Gasteiger partial charge in [0.15, 0.2) is 5.71 Å². The average molecular weight is 249 g/mol. The van der Waals surface area contributed by atoms with Gasteiger partial charge in [0.25, 0.3) is 0 Å². The van der Waals surface area contributed by atoms with Gasteiger partial charge in [0, 0.05) is 5.75 Å². The number of carboxylic acids is 1. The number of carbonyl (C=O) groups excluding carboxylic acids is 2. The highest BCUT2D eigenvalue weighted by atomic mass is 32.2. The first-order valence-electron chi connectivity index (χ1n) is 4.24. The lowest BCUT2D eigenvalue weighted by molar-refractivity contribution is -0.147. The van der Waals surface area contributed by atoms with Crippen LogP contribution in [0.4, 0.5) is 0 Å². The van der Waals surface area contributed by atoms with Crippen molar-refractivity contribution in [3.8, 4) is 0 Å². The Morgan fingerprint density at radius 3 is 2.38 bits per heavy atom. The molecule has 0 bridgehead atoms. The Balaban J connectivity index is 4.03. The highest BCUT2D eigenvalue weighted by Crippen LogP contribution is 2.02. The normalized spacial score (nSPS) is 10.9. The van der Waals surface area contributed by atoms with E-state index in [1.165, 1.54) is 0 Å². The molecule has 16 heavy (non-hydrogen) atoms. The van der Waals surface area contributed by atoms with Crippen LogP contribution in [0.1, 0.15) is 6.92 Å². The van der Waals surface area contributed by atoms with Crippen molar-refractivity contribution in [2.24, 2.45) is 5.16 Å². The molecule has 0 saturated carbocycles. The summed E-state index contributed by atoms with van der Waals surface area (Å²) in [5.41, 5.74) is -0.259. The number of Topliss-reactive ketones (excluding diaryl/α,β-unsaturated/α-hetero) is 1. The van der Waals surface area contributed by atoms with Crippen LogP contribution in [0.25, 0.3) is 0 Å². The summed E-state index contributed by atoms with van der Waals surface area (Å²) < 4.78 is 4.56. The van der Waals surface area contributed by atoms with Gasteiger partial charge < -0.3 is 15.1 Å². The lowest BCUT2D eigenvalue weighted by atomic mass is 10.4. The lowest BCUT2D eigenvalue weighted by Gasteiger charge is -2.02. The lowest BCUT2D eigenvalue weighted by Crippen LogP contribution is -2.22. The Labute approximate surface area is 95.5 Å². The summed E-state index contributed by atoms with van der Waals surface area (Å²) in [4.78, 5) is 31.9. The molecule has 0 rings (SSSR count). The number of carbonyl (C=O) groups is 3. The standard InChI is InChI=1S/C8H11NO6S/c1-2-15-8(13)5(9-14)3-16-4-6(10)7(11)12/h14H,2-4H2,1H3,(H,11,12)/b9-5-. The van der Waals surface area contributed by atoms with E-state index in [4.69, 9.17) is 10.3 Å². The number of ketones is 1. The first-order valence-corrected chi connectivity index (χ1v) is 5.40. The second kappa shape index (κ2) is 7.69. The minimum absolute atomic E-state index is 0.0889. The maximum atomic E-state index is 11.1. The predicted octanol–water partition coefficient (Wildman–Crippen LogP) is -0.233. The number of aliphatic carboxylic acids is 1. The zero-order valence-corrected chi connectivity index (χ0v) is 9.32. The Morgan fingerprint density at radius 2 is 1.94 bits per heavy atom. The molecule has 0 saturated heterocycles. The average Bonchev–Trinajstić information content (AvgIpc) is 2.24. The fourth-order valence-corrected chi connectivity index (χ4v) is 1.43. The molecule has 0 aromatic rings. The molecule has 0 heterocycles. The molecule has 0 spiro atoms. The number of nitrogens with zero attached hydrogens (tertiary/aromatic N) is 1. The molecule has 0 aliphatic rings. The summed E-state index contributed by atoms with van der Waals surface area (Å²) in [6.07, 6.45) is 0. The molecule has 0 aliphatic carbocycles. The highest BCUT2D eigenvalue weighted by molar-refractivity contribution is 8.00. The fraction of sp³-hybridized carbons (Fsp3) is 0.500. The van der Waals surface area contributed by atoms with Crippen LogP contribution in [0.5, 0.6) is 0 Å². The van der Waals surface area contributed by atoms with Crippen LogP contribution in [-0.4, -0.2) is 51.9 Å². The van der Waals surface area contributed by atoms with E-state index in [-0.39, 0.29) is 23.8 Å². The number of ether oxygens (including phenoxy) is 1. The van der Waals surface area contributed by atoms with Crippen molar-refractivity contribution >= 4 is 35.2 Å². The topological polar surface area (TPSA) is 113 Å². The van der Waals surface area contributed by atoms with Crippen LogP contribution in [0.15, 0.2) is 5.16 Å². The van der Waals surface area contributed by atoms with E-state index in [9.17, 15) is 14.4 Å². The smallest absolute Gasteiger partial charge is 0.373 e. The van der Waals surface area contributed by atoms with Crippen LogP contribution >= 0.6 is 11.8 Å². The number of carboxylic acid groups (broad SMARTS) is 1. The zero-order valence-electron chi connectivity index (χ0n) is 8.50. The van der Waals surface area contributed by atoms with Gasteiger partial charge in [0.2, 0.25) is 5.78 Å². The van der Waals surface area contributed by atoms with E-state index in [1.54, 1.807) is 6.92 Å². The molecule has 0 aromatic carbocycles. The van der Waals surface area contributed by atoms with Crippen LogP contribution < -0.4 is 0 Å². The summed E-state index contributed by atoms with van der Waals surface area (Å²) in [7, 11) is 0. The third-order valence-corrected chi connectivity index (χ3v) is 2.29. The molecule has 0 aliphatic heterocycles. The van der Waals surface area contributed by atoms with Crippen LogP contribution in [0.3, 0.4) is 0 Å². The van der Waals surface area contributed by atoms with Gasteiger partial charge in [-0.25, -0.2) is 9.59 Å². The largest absolute Gasteiger partial charge is 0.475 e. The molecular formula is C8H11NO6S. The van der Waals surface area contributed by atoms with E-state index in [0.29, 0.717) is 0 Å². The van der Waals surface area contributed by atoms with Gasteiger partial charge >= 0.3 is 11.9 Å². The van der Waals surface area contributed by atoms with E-state index >= 15 is 0 Å². The number of hydrogen-bond donors (Lipinski definition) is 2. The van der Waals surface area contributed by atoms with Crippen LogP contribution in [0, 0.1) is 0 Å². The molecule has 90 valence electrons. The van der Waals surface area contributed by atoms with Crippen LogP contribution in [-0.2, 0) is 19.1 Å². The predicted molar refractivity (Wildman–Crippen MR) is 55.8 cm³/mol. The van der Waals surface area contributed by atoms with Gasteiger partial charge in [-0.15, -0.1) is 11.8 Å². The summed E-state index contributed by atoms with van der Waals surface area (Å²) in [6, 6.07) is 0. The SMILES string of the molecule is CCOC(=O)/C(CSCC(=O)C(=O)O)=N\O. The van der Waals surface area contributed by atoms with Crippen molar-refractivity contribution in [2.75, 3.05) is 18.1 Å². The van der Waals surface area contributed by atoms with Crippen molar-refractivity contribution < 1.29 is 29.4 Å². The van der Waals surface area contributed by atoms with Crippen molar-refractivity contribution in [2.45, 2.75) is 6.92 Å². The third kappa shape index (κ3) is 5.35. The van der Waals surface area contributed by atoms with Crippen LogP contribution in [0.2, 0.25) is 0 Å². The Hall–Kier alpha value is -1.57. The number of hydrogen-bond acceptors (Lipinski definition) is 7. The van der Waals surface area contributed by atoms with E-state index in [2.05, 4.69) is 9.89 Å². The minimum atomic E-state index is -1.54. The van der Waals surface area contributed by atoms with Crippen molar-refractivity contribution in [3.63, 3.8) is 0 Å². The Bertz CT molecular complexity index is 314. The van der Waals surface area contributed by atoms with Gasteiger partial charge in [-0.3, -0.25) is 4.79 Å². The van der Waals surface area contributed by atoms with Crippen molar-refractivity contribution in [3.05, 3.63) is 0 Å². The van der Waals surface area contributed by atoms with Gasteiger partial charge in [-0.05, 0) is 6.92 Å². The molecular weight excluding hydrogens is 238 g/mol. The molecule has 8 heteroatoms. The van der Waals surface area contributed by atoms with Gasteiger partial charge in [-0.2, -0.15) is 0 Å². The Morgan fingerprint density at radius 1 is 1.31 bits per heavy atom. The molecule has 2 N–H and O–H groups in total. The van der Waals surface area contributed by atoms with E-state index in [0.717, 1.165) is 11.8 Å². The van der Waals surface area contributed by atoms with Gasteiger partial charge in [-0.1, -0.05) is 5.16 Å². The minimum Gasteiger partial charge on any atom is -0.475 e. The molecule has 0 amide bonds. The third-order valence-electron chi connectivity index (χ3n) is 1.34. The maximum absolute atomic E-state index is 11.1. The molecule has 7 nitrogen and oxygen atoms in total. The number of esters is 1. The highest BCUT2D eigenvalue weighted by Gasteiger charge is 2.16.